The molecule has 0 saturated heterocycles. The number of carboxylic acid groups (broad SMARTS) is 1. The highest BCUT2D eigenvalue weighted by Gasteiger charge is 2.22. The summed E-state index contributed by atoms with van der Waals surface area (Å²) in [5.41, 5.74) is 0.636. The number of rotatable bonds is 10. The summed E-state index contributed by atoms with van der Waals surface area (Å²) < 4.78 is 29.0. The first-order valence-corrected chi connectivity index (χ1v) is 15.7. The van der Waals surface area contributed by atoms with E-state index in [1.165, 1.54) is 18.2 Å². The minimum Gasteiger partial charge on any atom is -0.490 e. The molecule has 0 spiro atoms. The quantitative estimate of drug-likeness (QED) is 0.126. The fourth-order valence-electron chi connectivity index (χ4n) is 5.27. The standard InChI is InChI=1S/C36H31FN2O5S.O2/c37-26-9-19-32(20-10-26)45-39-27-11-17-29(18-12-27)44-31-16-8-24-21-30(15-7-25(24)22-31)43-28-13-5-23(6-14-28)35(40)38-34-4-2-1-3-33(34)36(41)42;1-2/h1-10,13-16,19-22,27,29,39H,11-12,17-18H2,(H,38,40)(H,41,42);. The summed E-state index contributed by atoms with van der Waals surface area (Å²) >= 11 is 1.55. The first-order chi connectivity index (χ1) is 22.9. The van der Waals surface area contributed by atoms with E-state index in [9.17, 15) is 19.1 Å². The van der Waals surface area contributed by atoms with Gasteiger partial charge >= 0.3 is 5.97 Å². The molecule has 3 N–H and O–H groups in total. The lowest BCUT2D eigenvalue weighted by atomic mass is 9.93. The van der Waals surface area contributed by atoms with Gasteiger partial charge in [-0.15, -0.1) is 0 Å². The number of fused-ring (bicyclic) bond motifs is 1. The molecule has 240 valence electrons. The van der Waals surface area contributed by atoms with Crippen LogP contribution in [0.2, 0.25) is 0 Å². The second-order valence-electron chi connectivity index (χ2n) is 10.9. The van der Waals surface area contributed by atoms with E-state index in [1.54, 1.807) is 66.5 Å². The summed E-state index contributed by atoms with van der Waals surface area (Å²) in [5.74, 6) is 0.319. The Balaban J connectivity index is 0.00000213. The lowest BCUT2D eigenvalue weighted by Gasteiger charge is -2.29. The van der Waals surface area contributed by atoms with Gasteiger partial charge in [0.15, 0.2) is 0 Å². The minimum absolute atomic E-state index is 0.0241. The van der Waals surface area contributed by atoms with Crippen LogP contribution in [0.4, 0.5) is 10.1 Å². The molecule has 6 rings (SSSR count). The molecule has 0 radical (unpaired) electrons. The summed E-state index contributed by atoms with van der Waals surface area (Å²) in [6.45, 7) is 0. The van der Waals surface area contributed by atoms with Gasteiger partial charge in [-0.1, -0.05) is 24.3 Å². The number of amides is 1. The number of carboxylic acids is 1. The van der Waals surface area contributed by atoms with Gasteiger partial charge in [0.2, 0.25) is 0 Å². The Labute approximate surface area is 274 Å². The second kappa shape index (κ2) is 15.8. The van der Waals surface area contributed by atoms with E-state index < -0.39 is 11.9 Å². The van der Waals surface area contributed by atoms with Crippen LogP contribution in [0.1, 0.15) is 46.4 Å². The van der Waals surface area contributed by atoms with Crippen LogP contribution >= 0.6 is 11.9 Å². The highest BCUT2D eigenvalue weighted by molar-refractivity contribution is 7.97. The molecule has 1 aliphatic rings. The number of hydrogen-bond acceptors (Lipinski definition) is 8. The lowest BCUT2D eigenvalue weighted by molar-refractivity contribution is 0.0698. The van der Waals surface area contributed by atoms with Crippen molar-refractivity contribution in [3.05, 3.63) is 136 Å². The molecule has 0 heterocycles. The molecule has 5 aromatic carbocycles. The van der Waals surface area contributed by atoms with Crippen molar-refractivity contribution in [2.45, 2.75) is 42.7 Å². The van der Waals surface area contributed by atoms with Crippen LogP contribution in [0.25, 0.3) is 10.8 Å². The molecule has 0 unspecified atom stereocenters. The third-order valence-corrected chi connectivity index (χ3v) is 8.63. The fraction of sp³-hybridized carbons (Fsp3) is 0.167. The molecule has 11 heteroatoms. The van der Waals surface area contributed by atoms with Crippen molar-refractivity contribution in [1.29, 1.82) is 0 Å². The zero-order valence-electron chi connectivity index (χ0n) is 25.1. The Morgan fingerprint density at radius 2 is 1.36 bits per heavy atom. The van der Waals surface area contributed by atoms with Crippen molar-refractivity contribution in [1.82, 2.24) is 4.72 Å². The van der Waals surface area contributed by atoms with E-state index in [-0.39, 0.29) is 23.2 Å². The third kappa shape index (κ3) is 8.93. The van der Waals surface area contributed by atoms with Crippen LogP contribution in [0.3, 0.4) is 0 Å². The van der Waals surface area contributed by atoms with Gasteiger partial charge in [-0.3, -0.25) is 9.52 Å². The number of carbonyl (C=O) groups is 2. The molecule has 9 nitrogen and oxygen atoms in total. The van der Waals surface area contributed by atoms with Crippen molar-refractivity contribution in [3.8, 4) is 17.2 Å². The van der Waals surface area contributed by atoms with Crippen molar-refractivity contribution >= 4 is 40.3 Å². The van der Waals surface area contributed by atoms with Crippen LogP contribution in [0.5, 0.6) is 17.2 Å². The average molecular weight is 655 g/mol. The van der Waals surface area contributed by atoms with Crippen LogP contribution in [0, 0.1) is 15.7 Å². The Morgan fingerprint density at radius 1 is 0.745 bits per heavy atom. The van der Waals surface area contributed by atoms with Crippen molar-refractivity contribution in [2.75, 3.05) is 5.32 Å². The number of hydrogen-bond donors (Lipinski definition) is 3. The smallest absolute Gasteiger partial charge is 0.337 e. The zero-order chi connectivity index (χ0) is 33.2. The van der Waals surface area contributed by atoms with Crippen molar-refractivity contribution in [2.24, 2.45) is 0 Å². The summed E-state index contributed by atoms with van der Waals surface area (Å²) in [6.07, 6.45) is 4.11. The van der Waals surface area contributed by atoms with Gasteiger partial charge in [-0.05, 0) is 133 Å². The molecule has 1 aliphatic carbocycles. The molecule has 0 aromatic heterocycles. The van der Waals surface area contributed by atoms with E-state index in [2.05, 4.69) is 10.0 Å². The van der Waals surface area contributed by atoms with Gasteiger partial charge in [-0.2, -0.15) is 0 Å². The number of ether oxygens (including phenoxy) is 2. The maximum atomic E-state index is 13.1. The molecule has 1 amide bonds. The highest BCUT2D eigenvalue weighted by Crippen LogP contribution is 2.31. The molecule has 1 fully saturated rings. The van der Waals surface area contributed by atoms with E-state index in [0.717, 1.165) is 47.1 Å². The van der Waals surface area contributed by atoms with Crippen LogP contribution in [-0.4, -0.2) is 29.1 Å². The number of halogens is 1. The molecule has 1 saturated carbocycles. The third-order valence-electron chi connectivity index (χ3n) is 7.68. The molecule has 5 aromatic rings. The average Bonchev–Trinajstić information content (AvgIpc) is 3.10. The number of benzene rings is 5. The molecule has 47 heavy (non-hydrogen) atoms. The fourth-order valence-corrected chi connectivity index (χ4v) is 6.08. The molecule has 0 atom stereocenters. The normalized spacial score (nSPS) is 15.6. The topological polar surface area (TPSA) is 131 Å². The van der Waals surface area contributed by atoms with Gasteiger partial charge in [0.05, 0.1) is 17.4 Å². The summed E-state index contributed by atoms with van der Waals surface area (Å²) in [7, 11) is 0. The van der Waals surface area contributed by atoms with E-state index in [0.29, 0.717) is 23.1 Å². The van der Waals surface area contributed by atoms with Crippen LogP contribution in [-0.2, 0) is 0 Å². The number of aromatic carboxylic acids is 1. The number of carbonyl (C=O) groups excluding carboxylic acids is 1. The van der Waals surface area contributed by atoms with Gasteiger partial charge in [0, 0.05) is 26.4 Å². The Kier molecular flexibility index (Phi) is 11.2. The zero-order valence-corrected chi connectivity index (χ0v) is 25.9. The lowest BCUT2D eigenvalue weighted by Crippen LogP contribution is -2.33. The van der Waals surface area contributed by atoms with Crippen LogP contribution < -0.4 is 19.5 Å². The molecule has 0 bridgehead atoms. The number of para-hydroxylation sites is 1. The Bertz CT molecular complexity index is 1830. The Hall–Kier alpha value is -5.26. The first kappa shape index (κ1) is 33.1. The maximum Gasteiger partial charge on any atom is 0.337 e. The Morgan fingerprint density at radius 3 is 2.04 bits per heavy atom. The van der Waals surface area contributed by atoms with E-state index in [1.807, 2.05) is 36.4 Å². The summed E-state index contributed by atoms with van der Waals surface area (Å²) in [6, 6.07) is 31.7. The maximum absolute atomic E-state index is 13.1. The number of nitrogens with one attached hydrogen (secondary N) is 2. The molecular weight excluding hydrogens is 623 g/mol. The van der Waals surface area contributed by atoms with Crippen molar-refractivity contribution in [3.63, 3.8) is 0 Å². The monoisotopic (exact) mass is 654 g/mol. The predicted octanol–water partition coefficient (Wildman–Crippen LogP) is 8.78. The van der Waals surface area contributed by atoms with Gasteiger partial charge in [-0.25, -0.2) is 9.18 Å². The molecular formula is C36H31FN2O7S. The highest BCUT2D eigenvalue weighted by atomic mass is 32.2. The predicted molar refractivity (Wildman–Crippen MR) is 181 cm³/mol. The second-order valence-corrected chi connectivity index (χ2v) is 11.8. The van der Waals surface area contributed by atoms with Gasteiger partial charge in [0.1, 0.15) is 23.1 Å². The SMILES string of the molecule is O=C(Nc1ccccc1C(=O)O)c1ccc(Oc2ccc3cc(OC4CCC(NSc5ccc(F)cc5)CC4)ccc3c2)cc1.O=O. The van der Waals surface area contributed by atoms with Crippen molar-refractivity contribution < 1.29 is 28.6 Å². The van der Waals surface area contributed by atoms with E-state index >= 15 is 0 Å². The first-order valence-electron chi connectivity index (χ1n) is 14.9. The summed E-state index contributed by atoms with van der Waals surface area (Å²) in [4.78, 5) is 39.1. The minimum atomic E-state index is -1.11. The van der Waals surface area contributed by atoms with Crippen LogP contribution in [0.15, 0.2) is 114 Å². The molecule has 0 aliphatic heterocycles. The van der Waals surface area contributed by atoms with E-state index in [4.69, 9.17) is 19.4 Å². The van der Waals surface area contributed by atoms with Gasteiger partial charge in [0.25, 0.3) is 5.91 Å². The number of anilines is 1. The largest absolute Gasteiger partial charge is 0.490 e. The van der Waals surface area contributed by atoms with Gasteiger partial charge < -0.3 is 19.9 Å². The summed E-state index contributed by atoms with van der Waals surface area (Å²) in [5, 5.41) is 14.1.